The van der Waals surface area contributed by atoms with Crippen molar-refractivity contribution in [3.05, 3.63) is 23.8 Å². The predicted molar refractivity (Wildman–Crippen MR) is 181 cm³/mol. The first kappa shape index (κ1) is 32.1. The topological polar surface area (TPSA) is 43.1 Å². The molecule has 0 aromatic carbocycles. The van der Waals surface area contributed by atoms with E-state index in [1.54, 1.807) is 5.57 Å². The summed E-state index contributed by atoms with van der Waals surface area (Å²) in [6, 6.07) is 0. The van der Waals surface area contributed by atoms with E-state index in [4.69, 9.17) is 12.3 Å². The van der Waals surface area contributed by atoms with Crippen LogP contribution in [0.25, 0.3) is 0 Å². The summed E-state index contributed by atoms with van der Waals surface area (Å²) in [6.45, 7) is 29.3. The summed E-state index contributed by atoms with van der Waals surface area (Å²) in [7, 11) is 0. The van der Waals surface area contributed by atoms with Gasteiger partial charge in [0.05, 0.1) is 0 Å². The monoisotopic (exact) mass is 590 g/mol. The third kappa shape index (κ3) is 3.95. The molecule has 7 aliphatic rings. The van der Waals surface area contributed by atoms with Crippen LogP contribution in [0.4, 0.5) is 0 Å². The smallest absolute Gasteiger partial charge is 0.130 e. The van der Waals surface area contributed by atoms with E-state index in [0.717, 1.165) is 12.3 Å². The van der Waals surface area contributed by atoms with E-state index in [-0.39, 0.29) is 27.2 Å². The number of allylic oxidation sites excluding steroid dienone is 2. The second kappa shape index (κ2) is 9.81. The maximum absolute atomic E-state index is 12.8. The Balaban J connectivity index is 1.44. The molecule has 0 aliphatic heterocycles. The molecule has 0 radical (unpaired) electrons. The molecule has 6 saturated carbocycles. The van der Waals surface area contributed by atoms with Gasteiger partial charge in [0.15, 0.2) is 0 Å². The Bertz CT molecular complexity index is 1210. The van der Waals surface area contributed by atoms with Crippen LogP contribution in [0.1, 0.15) is 153 Å². The molecule has 2 N–H and O–H groups in total. The normalized spacial score (nSPS) is 50.8. The van der Waals surface area contributed by atoms with Crippen molar-refractivity contribution in [2.75, 3.05) is 0 Å². The van der Waals surface area contributed by atoms with Crippen LogP contribution in [-0.4, -0.2) is 11.3 Å². The summed E-state index contributed by atoms with van der Waals surface area (Å²) in [5.74, 6) is 4.20. The molecule has 6 fully saturated rings. The number of hydrogen-bond acceptors (Lipinski definition) is 2. The van der Waals surface area contributed by atoms with Crippen LogP contribution >= 0.6 is 0 Å². The van der Waals surface area contributed by atoms with Gasteiger partial charge in [-0.05, 0) is 139 Å². The quantitative estimate of drug-likeness (QED) is 0.306. The Kier molecular flexibility index (Phi) is 7.32. The molecule has 11 atom stereocenters. The molecule has 0 amide bonds. The van der Waals surface area contributed by atoms with Crippen molar-refractivity contribution < 1.29 is 4.79 Å². The van der Waals surface area contributed by atoms with Crippen LogP contribution in [-0.2, 0) is 4.79 Å². The zero-order valence-electron chi connectivity index (χ0n) is 29.9. The minimum absolute atomic E-state index is 0.0905. The number of hydrogen-bond donors (Lipinski definition) is 1. The van der Waals surface area contributed by atoms with Gasteiger partial charge in [-0.15, -0.1) is 0 Å². The predicted octanol–water partition coefficient (Wildman–Crippen LogP) is 10.7. The summed E-state index contributed by atoms with van der Waals surface area (Å²) >= 11 is 0. The average molecular weight is 590 g/mol. The maximum Gasteiger partial charge on any atom is 0.130 e. The van der Waals surface area contributed by atoms with Gasteiger partial charge in [0, 0.05) is 17.4 Å². The SMILES string of the molecule is C=C1C=C2[C@H](CC[C@]3(N)C24CC42CC[C@]3(C)C(CCCC(C)C)[C@H](CC(C)=O)C2)C2(C)CC[C@](C)([C@H](C)C(C)C)C[C@]12C. The lowest BCUT2D eigenvalue weighted by Gasteiger charge is -2.69. The minimum Gasteiger partial charge on any atom is -0.324 e. The van der Waals surface area contributed by atoms with Crippen molar-refractivity contribution in [1.29, 1.82) is 0 Å². The van der Waals surface area contributed by atoms with E-state index in [1.807, 2.05) is 6.92 Å². The summed E-state index contributed by atoms with van der Waals surface area (Å²) < 4.78 is 0. The number of ketones is 1. The first-order valence-corrected chi connectivity index (χ1v) is 18.6. The molecule has 0 aromatic rings. The lowest BCUT2D eigenvalue weighted by Crippen LogP contribution is -2.70. The molecule has 2 bridgehead atoms. The van der Waals surface area contributed by atoms with Crippen molar-refractivity contribution in [3.63, 3.8) is 0 Å². The van der Waals surface area contributed by atoms with Gasteiger partial charge in [-0.1, -0.05) is 93.4 Å². The van der Waals surface area contributed by atoms with Crippen molar-refractivity contribution in [2.24, 2.45) is 73.7 Å². The van der Waals surface area contributed by atoms with E-state index in [9.17, 15) is 4.79 Å². The fraction of sp³-hybridized carbons (Fsp3) is 0.878. The first-order valence-electron chi connectivity index (χ1n) is 18.6. The van der Waals surface area contributed by atoms with Crippen molar-refractivity contribution >= 4 is 5.78 Å². The van der Waals surface area contributed by atoms with E-state index < -0.39 is 0 Å². The number of rotatable bonds is 8. The number of Topliss-reactive ketones (excluding diaryl/α,β-unsaturated/α-hetero) is 1. The van der Waals surface area contributed by atoms with Gasteiger partial charge in [0.25, 0.3) is 0 Å². The largest absolute Gasteiger partial charge is 0.324 e. The van der Waals surface area contributed by atoms with E-state index in [2.05, 4.69) is 68.4 Å². The lowest BCUT2D eigenvalue weighted by molar-refractivity contribution is -0.120. The zero-order chi connectivity index (χ0) is 31.6. The molecule has 0 saturated heterocycles. The van der Waals surface area contributed by atoms with Gasteiger partial charge < -0.3 is 10.5 Å². The molecular formula is C41H67NO. The van der Waals surface area contributed by atoms with Crippen LogP contribution in [0.2, 0.25) is 0 Å². The molecule has 242 valence electrons. The third-order valence-electron chi connectivity index (χ3n) is 17.0. The number of carbonyl (C=O) groups is 1. The highest BCUT2D eigenvalue weighted by Gasteiger charge is 2.86. The van der Waals surface area contributed by atoms with Gasteiger partial charge in [-0.3, -0.25) is 0 Å². The van der Waals surface area contributed by atoms with Gasteiger partial charge in [-0.2, -0.15) is 0 Å². The van der Waals surface area contributed by atoms with Gasteiger partial charge in [0.1, 0.15) is 5.78 Å². The van der Waals surface area contributed by atoms with Gasteiger partial charge in [0.2, 0.25) is 0 Å². The molecule has 7 rings (SSSR count). The van der Waals surface area contributed by atoms with Crippen molar-refractivity contribution in [2.45, 2.75) is 158 Å². The molecule has 0 aromatic heterocycles. The summed E-state index contributed by atoms with van der Waals surface area (Å²) in [5, 5.41) is 0. The van der Waals surface area contributed by atoms with Crippen LogP contribution in [0, 0.1) is 68.0 Å². The Hall–Kier alpha value is -0.890. The highest BCUT2D eigenvalue weighted by molar-refractivity contribution is 5.75. The second-order valence-electron chi connectivity index (χ2n) is 19.4. The molecule has 2 nitrogen and oxygen atoms in total. The summed E-state index contributed by atoms with van der Waals surface area (Å²) in [6.07, 6.45) is 18.6. The van der Waals surface area contributed by atoms with E-state index in [0.29, 0.717) is 46.2 Å². The Labute approximate surface area is 265 Å². The van der Waals surface area contributed by atoms with Crippen molar-refractivity contribution in [1.82, 2.24) is 0 Å². The molecule has 7 aliphatic carbocycles. The maximum atomic E-state index is 12.8. The first-order chi connectivity index (χ1) is 19.9. The second-order valence-corrected chi connectivity index (χ2v) is 19.4. The Morgan fingerprint density at radius 1 is 0.977 bits per heavy atom. The number of nitrogens with two attached hydrogens (primary N) is 1. The summed E-state index contributed by atoms with van der Waals surface area (Å²) in [4.78, 5) is 12.8. The molecular weight excluding hydrogens is 522 g/mol. The lowest BCUT2D eigenvalue weighted by atomic mass is 9.36. The molecule has 2 heteroatoms. The van der Waals surface area contributed by atoms with Gasteiger partial charge >= 0.3 is 0 Å². The third-order valence-corrected chi connectivity index (χ3v) is 17.0. The van der Waals surface area contributed by atoms with Crippen LogP contribution in [0.15, 0.2) is 23.8 Å². The zero-order valence-corrected chi connectivity index (χ0v) is 29.9. The van der Waals surface area contributed by atoms with Crippen LogP contribution in [0.3, 0.4) is 0 Å². The van der Waals surface area contributed by atoms with Gasteiger partial charge in [-0.25, -0.2) is 0 Å². The molecule has 0 heterocycles. The van der Waals surface area contributed by atoms with E-state index in [1.165, 1.54) is 82.6 Å². The fourth-order valence-corrected chi connectivity index (χ4v) is 13.9. The molecule has 4 unspecified atom stereocenters. The fourth-order valence-electron chi connectivity index (χ4n) is 13.9. The number of carbonyl (C=O) groups excluding carboxylic acids is 1. The average Bonchev–Trinajstić information content (AvgIpc) is 3.61. The van der Waals surface area contributed by atoms with Crippen LogP contribution < -0.4 is 5.73 Å². The highest BCUT2D eigenvalue weighted by Crippen LogP contribution is 2.89. The minimum atomic E-state index is -0.172. The molecule has 2 spiro atoms. The van der Waals surface area contributed by atoms with Crippen LogP contribution in [0.5, 0.6) is 0 Å². The molecule has 43 heavy (non-hydrogen) atoms. The van der Waals surface area contributed by atoms with Crippen molar-refractivity contribution in [3.8, 4) is 0 Å². The van der Waals surface area contributed by atoms with E-state index >= 15 is 0 Å². The Morgan fingerprint density at radius 2 is 1.65 bits per heavy atom. The summed E-state index contributed by atoms with van der Waals surface area (Å²) in [5.41, 5.74) is 12.3. The number of fused-ring (bicyclic) bond motifs is 6. The highest BCUT2D eigenvalue weighted by atomic mass is 16.1. The Morgan fingerprint density at radius 3 is 2.28 bits per heavy atom. The standard InChI is InChI=1S/C41H67NO/c1-26(2)13-12-14-32-31(22-29(6)43)23-39-20-19-37(32,10)41(42)16-15-33-34(40(39,41)25-39)21-28(5)38(11)24-35(8,30(7)27(3)4)17-18-36(33,38)9/h21,26-27,30-33H,5,12-20,22-25,42H2,1-4,6-11H3/t30-,31-,32?,33+,35+,36?,37-,38-,39?,40?,41-/m1/s1.